The van der Waals surface area contributed by atoms with Gasteiger partial charge in [-0.05, 0) is 12.8 Å². The highest BCUT2D eigenvalue weighted by Gasteiger charge is 2.34. The minimum absolute atomic E-state index is 0.0346. The number of carbonyl (C=O) groups excluding carboxylic acids is 2. The van der Waals surface area contributed by atoms with Gasteiger partial charge in [-0.25, -0.2) is 0 Å². The molecule has 1 aliphatic heterocycles. The second kappa shape index (κ2) is 5.84. The summed E-state index contributed by atoms with van der Waals surface area (Å²) in [5.74, 6) is 0.304. The lowest BCUT2D eigenvalue weighted by molar-refractivity contribution is -0.129. The molecule has 1 atom stereocenters. The van der Waals surface area contributed by atoms with Gasteiger partial charge in [0, 0.05) is 26.1 Å². The number of hydrogen-bond donors (Lipinski definition) is 1. The molecule has 0 spiro atoms. The van der Waals surface area contributed by atoms with Gasteiger partial charge in [-0.2, -0.15) is 0 Å². The van der Waals surface area contributed by atoms with Crippen LogP contribution in [0.1, 0.15) is 27.2 Å². The lowest BCUT2D eigenvalue weighted by Crippen LogP contribution is -2.34. The Morgan fingerprint density at radius 1 is 1.59 bits per heavy atom. The fourth-order valence-corrected chi connectivity index (χ4v) is 1.95. The van der Waals surface area contributed by atoms with Gasteiger partial charge in [-0.15, -0.1) is 0 Å². The number of likely N-dealkylation sites (tertiary alicyclic amines) is 1. The first kappa shape index (κ1) is 13.7. The molecule has 1 heterocycles. The molecule has 96 valence electrons. The topological polar surface area (TPSA) is 49.4 Å². The van der Waals surface area contributed by atoms with Crippen molar-refractivity contribution in [3.05, 3.63) is 12.2 Å². The maximum atomic E-state index is 11.8. The van der Waals surface area contributed by atoms with Crippen molar-refractivity contribution in [1.82, 2.24) is 10.2 Å². The summed E-state index contributed by atoms with van der Waals surface area (Å²) < 4.78 is 0. The highest BCUT2D eigenvalue weighted by atomic mass is 16.2. The molecule has 17 heavy (non-hydrogen) atoms. The Labute approximate surface area is 103 Å². The summed E-state index contributed by atoms with van der Waals surface area (Å²) in [6.07, 6.45) is 0.342. The zero-order chi connectivity index (χ0) is 13.0. The normalized spacial score (nSPS) is 19.9. The molecule has 1 unspecified atom stereocenters. The van der Waals surface area contributed by atoms with Crippen molar-refractivity contribution in [3.8, 4) is 0 Å². The Bertz CT molecular complexity index is 323. The van der Waals surface area contributed by atoms with Crippen LogP contribution < -0.4 is 5.32 Å². The summed E-state index contributed by atoms with van der Waals surface area (Å²) in [7, 11) is 0. The van der Waals surface area contributed by atoms with Crippen LogP contribution in [0.4, 0.5) is 0 Å². The summed E-state index contributed by atoms with van der Waals surface area (Å²) in [6, 6.07) is 0. The van der Waals surface area contributed by atoms with E-state index in [9.17, 15) is 9.59 Å². The second-order valence-corrected chi connectivity index (χ2v) is 5.27. The van der Waals surface area contributed by atoms with Gasteiger partial charge in [0.15, 0.2) is 0 Å². The van der Waals surface area contributed by atoms with Crippen LogP contribution >= 0.6 is 0 Å². The van der Waals surface area contributed by atoms with Gasteiger partial charge in [-0.3, -0.25) is 9.59 Å². The average Bonchev–Trinajstić information content (AvgIpc) is 2.56. The lowest BCUT2D eigenvalue weighted by Gasteiger charge is -2.18. The van der Waals surface area contributed by atoms with Crippen molar-refractivity contribution in [1.29, 1.82) is 0 Å². The van der Waals surface area contributed by atoms with Crippen LogP contribution in [0.5, 0.6) is 0 Å². The Hall–Kier alpha value is -1.32. The molecular weight excluding hydrogens is 216 g/mol. The number of rotatable bonds is 5. The van der Waals surface area contributed by atoms with Crippen molar-refractivity contribution in [2.45, 2.75) is 27.2 Å². The van der Waals surface area contributed by atoms with E-state index in [1.807, 2.05) is 6.92 Å². The van der Waals surface area contributed by atoms with Crippen LogP contribution in [-0.2, 0) is 9.59 Å². The molecule has 1 N–H and O–H groups in total. The van der Waals surface area contributed by atoms with Gasteiger partial charge < -0.3 is 10.2 Å². The third-order valence-electron chi connectivity index (χ3n) is 2.74. The van der Waals surface area contributed by atoms with E-state index < -0.39 is 0 Å². The molecular formula is C13H22N2O2. The van der Waals surface area contributed by atoms with Crippen LogP contribution in [0.2, 0.25) is 0 Å². The minimum Gasteiger partial charge on any atom is -0.352 e. The molecule has 1 saturated heterocycles. The van der Waals surface area contributed by atoms with E-state index in [1.54, 1.807) is 4.90 Å². The Morgan fingerprint density at radius 2 is 2.24 bits per heavy atom. The summed E-state index contributed by atoms with van der Waals surface area (Å²) in [6.45, 7) is 11.5. The predicted molar refractivity (Wildman–Crippen MR) is 67.3 cm³/mol. The maximum absolute atomic E-state index is 11.8. The molecule has 0 radical (unpaired) electrons. The standard InChI is InChI=1S/C13H22N2O2/c1-9(2)6-14-13(17)11-5-12(16)15(8-11)7-10(3)4/h10-11H,1,5-8H2,2-4H3,(H,14,17). The second-order valence-electron chi connectivity index (χ2n) is 5.27. The van der Waals surface area contributed by atoms with Crippen molar-refractivity contribution >= 4 is 11.8 Å². The van der Waals surface area contributed by atoms with Crippen LogP contribution in [-0.4, -0.2) is 36.3 Å². The Morgan fingerprint density at radius 3 is 2.76 bits per heavy atom. The van der Waals surface area contributed by atoms with Crippen molar-refractivity contribution in [2.75, 3.05) is 19.6 Å². The smallest absolute Gasteiger partial charge is 0.225 e. The van der Waals surface area contributed by atoms with Gasteiger partial charge in [0.1, 0.15) is 0 Å². The largest absolute Gasteiger partial charge is 0.352 e. The zero-order valence-corrected chi connectivity index (χ0v) is 11.0. The van der Waals surface area contributed by atoms with Crippen LogP contribution in [0, 0.1) is 11.8 Å². The number of amides is 2. The molecule has 0 bridgehead atoms. The molecule has 0 saturated carbocycles. The lowest BCUT2D eigenvalue weighted by atomic mass is 10.1. The first-order chi connectivity index (χ1) is 7.90. The fourth-order valence-electron chi connectivity index (χ4n) is 1.95. The molecule has 4 nitrogen and oxygen atoms in total. The van der Waals surface area contributed by atoms with E-state index in [1.165, 1.54) is 0 Å². The molecule has 0 aromatic carbocycles. The third kappa shape index (κ3) is 4.21. The molecule has 1 aliphatic rings. The van der Waals surface area contributed by atoms with Crippen LogP contribution in [0.3, 0.4) is 0 Å². The average molecular weight is 238 g/mol. The van der Waals surface area contributed by atoms with Gasteiger partial charge in [0.2, 0.25) is 11.8 Å². The molecule has 4 heteroatoms. The highest BCUT2D eigenvalue weighted by Crippen LogP contribution is 2.19. The number of nitrogens with one attached hydrogen (secondary N) is 1. The number of hydrogen-bond acceptors (Lipinski definition) is 2. The van der Waals surface area contributed by atoms with Crippen molar-refractivity contribution in [3.63, 3.8) is 0 Å². The zero-order valence-electron chi connectivity index (χ0n) is 11.0. The highest BCUT2D eigenvalue weighted by molar-refractivity contribution is 5.89. The first-order valence-electron chi connectivity index (χ1n) is 6.10. The van der Waals surface area contributed by atoms with Gasteiger partial charge >= 0.3 is 0 Å². The molecule has 1 rings (SSSR count). The molecule has 1 fully saturated rings. The maximum Gasteiger partial charge on any atom is 0.225 e. The summed E-state index contributed by atoms with van der Waals surface area (Å²) >= 11 is 0. The molecule has 0 aromatic rings. The van der Waals surface area contributed by atoms with E-state index >= 15 is 0 Å². The quantitative estimate of drug-likeness (QED) is 0.731. The minimum atomic E-state index is -0.194. The van der Waals surface area contributed by atoms with E-state index in [0.717, 1.165) is 12.1 Å². The SMILES string of the molecule is C=C(C)CNC(=O)C1CC(=O)N(CC(C)C)C1. The van der Waals surface area contributed by atoms with Gasteiger partial charge in [0.25, 0.3) is 0 Å². The van der Waals surface area contributed by atoms with Gasteiger partial charge in [0.05, 0.1) is 5.92 Å². The monoisotopic (exact) mass is 238 g/mol. The van der Waals surface area contributed by atoms with E-state index in [4.69, 9.17) is 0 Å². The van der Waals surface area contributed by atoms with E-state index in [-0.39, 0.29) is 17.7 Å². The molecule has 2 amide bonds. The van der Waals surface area contributed by atoms with E-state index in [2.05, 4.69) is 25.7 Å². The summed E-state index contributed by atoms with van der Waals surface area (Å²) in [4.78, 5) is 25.3. The summed E-state index contributed by atoms with van der Waals surface area (Å²) in [5.41, 5.74) is 0.918. The Kier molecular flexibility index (Phi) is 4.73. The van der Waals surface area contributed by atoms with Crippen molar-refractivity contribution in [2.24, 2.45) is 11.8 Å². The number of nitrogens with zero attached hydrogens (tertiary/aromatic N) is 1. The van der Waals surface area contributed by atoms with Crippen LogP contribution in [0.15, 0.2) is 12.2 Å². The molecule has 0 aromatic heterocycles. The Balaban J connectivity index is 2.45. The third-order valence-corrected chi connectivity index (χ3v) is 2.74. The number of carbonyl (C=O) groups is 2. The molecule has 0 aliphatic carbocycles. The van der Waals surface area contributed by atoms with Crippen LogP contribution in [0.25, 0.3) is 0 Å². The van der Waals surface area contributed by atoms with Gasteiger partial charge in [-0.1, -0.05) is 26.0 Å². The predicted octanol–water partition coefficient (Wildman–Crippen LogP) is 1.18. The first-order valence-corrected chi connectivity index (χ1v) is 6.10. The van der Waals surface area contributed by atoms with E-state index in [0.29, 0.717) is 25.4 Å². The fraction of sp³-hybridized carbons (Fsp3) is 0.692. The van der Waals surface area contributed by atoms with Crippen molar-refractivity contribution < 1.29 is 9.59 Å². The summed E-state index contributed by atoms with van der Waals surface area (Å²) in [5, 5.41) is 2.80.